The van der Waals surface area contributed by atoms with Crippen LogP contribution in [0.15, 0.2) is 48.8 Å². The molecule has 1 aliphatic rings. The average Bonchev–Trinajstić information content (AvgIpc) is 2.95. The molecule has 0 bridgehead atoms. The van der Waals surface area contributed by atoms with Crippen molar-refractivity contribution in [2.75, 3.05) is 11.4 Å². The molecule has 1 fully saturated rings. The molecule has 3 rings (SSSR count). The predicted octanol–water partition coefficient (Wildman–Crippen LogP) is 2.59. The number of halogens is 1. The second-order valence-corrected chi connectivity index (χ2v) is 6.17. The molecule has 1 saturated heterocycles. The van der Waals surface area contributed by atoms with Crippen LogP contribution in [0.3, 0.4) is 0 Å². The summed E-state index contributed by atoms with van der Waals surface area (Å²) >= 11 is 5.87. The zero-order chi connectivity index (χ0) is 16.9. The Kier molecular flexibility index (Phi) is 5.11. The first kappa shape index (κ1) is 16.5. The summed E-state index contributed by atoms with van der Waals surface area (Å²) < 4.78 is 0. The van der Waals surface area contributed by atoms with Gasteiger partial charge in [0, 0.05) is 36.1 Å². The van der Waals surface area contributed by atoms with E-state index in [2.05, 4.69) is 10.3 Å². The molecule has 1 atom stereocenters. The van der Waals surface area contributed by atoms with E-state index in [0.717, 1.165) is 11.3 Å². The fourth-order valence-electron chi connectivity index (χ4n) is 2.76. The number of nitrogens with zero attached hydrogens (tertiary/aromatic N) is 2. The average molecular weight is 344 g/mol. The molecule has 1 aromatic carbocycles. The van der Waals surface area contributed by atoms with Gasteiger partial charge in [-0.1, -0.05) is 17.7 Å². The van der Waals surface area contributed by atoms with Crippen molar-refractivity contribution in [2.45, 2.75) is 25.3 Å². The molecule has 0 aliphatic carbocycles. The number of aryl methyl sites for hydroxylation is 1. The van der Waals surface area contributed by atoms with Crippen molar-refractivity contribution in [3.63, 3.8) is 0 Å². The quantitative estimate of drug-likeness (QED) is 0.907. The molecule has 2 aromatic rings. The van der Waals surface area contributed by atoms with Crippen molar-refractivity contribution in [3.05, 3.63) is 59.4 Å². The Morgan fingerprint density at radius 2 is 2.08 bits per heavy atom. The molecular weight excluding hydrogens is 326 g/mol. The lowest BCUT2D eigenvalue weighted by molar-refractivity contribution is -0.126. The first-order valence-electron chi connectivity index (χ1n) is 7.89. The van der Waals surface area contributed by atoms with Crippen LogP contribution in [-0.4, -0.2) is 29.4 Å². The van der Waals surface area contributed by atoms with Crippen molar-refractivity contribution in [1.29, 1.82) is 0 Å². The molecule has 0 saturated carbocycles. The summed E-state index contributed by atoms with van der Waals surface area (Å²) in [7, 11) is 0. The van der Waals surface area contributed by atoms with E-state index < -0.39 is 6.04 Å². The minimum absolute atomic E-state index is 0.0768. The minimum Gasteiger partial charge on any atom is -0.344 e. The summed E-state index contributed by atoms with van der Waals surface area (Å²) in [4.78, 5) is 30.3. The van der Waals surface area contributed by atoms with Gasteiger partial charge < -0.3 is 10.2 Å². The maximum absolute atomic E-state index is 12.5. The van der Waals surface area contributed by atoms with Crippen molar-refractivity contribution in [2.24, 2.45) is 0 Å². The van der Waals surface area contributed by atoms with E-state index in [1.54, 1.807) is 29.4 Å². The normalized spacial score (nSPS) is 17.1. The van der Waals surface area contributed by atoms with Gasteiger partial charge in [0.25, 0.3) is 0 Å². The van der Waals surface area contributed by atoms with Crippen LogP contribution in [0.4, 0.5) is 5.69 Å². The lowest BCUT2D eigenvalue weighted by atomic mass is 10.1. The Hall–Kier alpha value is -2.40. The monoisotopic (exact) mass is 343 g/mol. The van der Waals surface area contributed by atoms with Gasteiger partial charge in [-0.15, -0.1) is 0 Å². The van der Waals surface area contributed by atoms with Crippen LogP contribution >= 0.6 is 11.6 Å². The van der Waals surface area contributed by atoms with Crippen LogP contribution in [-0.2, 0) is 16.0 Å². The number of pyridine rings is 1. The van der Waals surface area contributed by atoms with Gasteiger partial charge in [0.05, 0.1) is 0 Å². The Balaban J connectivity index is 1.53. The molecule has 2 heterocycles. The van der Waals surface area contributed by atoms with E-state index >= 15 is 0 Å². The highest BCUT2D eigenvalue weighted by Crippen LogP contribution is 2.23. The number of hydrogen-bond donors (Lipinski definition) is 1. The predicted molar refractivity (Wildman–Crippen MR) is 92.9 cm³/mol. The first-order valence-corrected chi connectivity index (χ1v) is 8.26. The number of carbonyl (C=O) groups is 2. The van der Waals surface area contributed by atoms with E-state index in [0.29, 0.717) is 30.8 Å². The van der Waals surface area contributed by atoms with Gasteiger partial charge in [-0.3, -0.25) is 14.6 Å². The smallest absolute Gasteiger partial charge is 0.249 e. The highest BCUT2D eigenvalue weighted by molar-refractivity contribution is 6.30. The Bertz CT molecular complexity index is 719. The van der Waals surface area contributed by atoms with E-state index in [1.165, 1.54) is 0 Å². The van der Waals surface area contributed by atoms with Crippen molar-refractivity contribution in [3.8, 4) is 0 Å². The third-order valence-electron chi connectivity index (χ3n) is 4.04. The SMILES string of the molecule is O=C(CCc1cccnc1)NC1CCN(c2ccc(Cl)cc2)C1=O. The molecular formula is C18H18ClN3O2. The van der Waals surface area contributed by atoms with Crippen LogP contribution < -0.4 is 10.2 Å². The van der Waals surface area contributed by atoms with Crippen molar-refractivity contribution < 1.29 is 9.59 Å². The first-order chi connectivity index (χ1) is 11.6. The van der Waals surface area contributed by atoms with Crippen molar-refractivity contribution in [1.82, 2.24) is 10.3 Å². The van der Waals surface area contributed by atoms with Gasteiger partial charge in [0.15, 0.2) is 0 Å². The largest absolute Gasteiger partial charge is 0.344 e. The summed E-state index contributed by atoms with van der Waals surface area (Å²) in [6.07, 6.45) is 5.01. The molecule has 6 heteroatoms. The highest BCUT2D eigenvalue weighted by Gasteiger charge is 2.33. The maximum Gasteiger partial charge on any atom is 0.249 e. The van der Waals surface area contributed by atoms with Gasteiger partial charge in [0.1, 0.15) is 6.04 Å². The molecule has 0 spiro atoms. The van der Waals surface area contributed by atoms with Gasteiger partial charge in [0.2, 0.25) is 11.8 Å². The number of hydrogen-bond acceptors (Lipinski definition) is 3. The number of rotatable bonds is 5. The fraction of sp³-hybridized carbons (Fsp3) is 0.278. The fourth-order valence-corrected chi connectivity index (χ4v) is 2.89. The lowest BCUT2D eigenvalue weighted by Gasteiger charge is -2.17. The van der Waals surface area contributed by atoms with Crippen LogP contribution in [0.5, 0.6) is 0 Å². The van der Waals surface area contributed by atoms with Gasteiger partial charge in [-0.25, -0.2) is 0 Å². The number of benzene rings is 1. The van der Waals surface area contributed by atoms with Crippen LogP contribution in [0.2, 0.25) is 5.02 Å². The second kappa shape index (κ2) is 7.45. The molecule has 24 heavy (non-hydrogen) atoms. The summed E-state index contributed by atoms with van der Waals surface area (Å²) in [5.41, 5.74) is 1.81. The Morgan fingerprint density at radius 3 is 2.79 bits per heavy atom. The molecule has 5 nitrogen and oxygen atoms in total. The standard InChI is InChI=1S/C18H18ClN3O2/c19-14-4-6-15(7-5-14)22-11-9-16(18(22)24)21-17(23)8-3-13-2-1-10-20-12-13/h1-2,4-7,10,12,16H,3,8-9,11H2,(H,21,23). The number of nitrogens with one attached hydrogen (secondary N) is 1. The van der Waals surface area contributed by atoms with E-state index in [1.807, 2.05) is 24.3 Å². The lowest BCUT2D eigenvalue weighted by Crippen LogP contribution is -2.41. The van der Waals surface area contributed by atoms with Gasteiger partial charge in [-0.2, -0.15) is 0 Å². The van der Waals surface area contributed by atoms with Gasteiger partial charge in [-0.05, 0) is 48.7 Å². The molecule has 2 amide bonds. The number of amides is 2. The minimum atomic E-state index is -0.456. The molecule has 1 aromatic heterocycles. The molecule has 1 aliphatic heterocycles. The number of anilines is 1. The number of carbonyl (C=O) groups excluding carboxylic acids is 2. The zero-order valence-electron chi connectivity index (χ0n) is 13.1. The van der Waals surface area contributed by atoms with Crippen molar-refractivity contribution >= 4 is 29.1 Å². The zero-order valence-corrected chi connectivity index (χ0v) is 13.9. The van der Waals surface area contributed by atoms with E-state index in [4.69, 9.17) is 11.6 Å². The third-order valence-corrected chi connectivity index (χ3v) is 4.29. The van der Waals surface area contributed by atoms with Crippen LogP contribution in [0.1, 0.15) is 18.4 Å². The van der Waals surface area contributed by atoms with Crippen LogP contribution in [0, 0.1) is 0 Å². The summed E-state index contributed by atoms with van der Waals surface area (Å²) in [5, 5.41) is 3.46. The second-order valence-electron chi connectivity index (χ2n) is 5.74. The molecule has 1 unspecified atom stereocenters. The third kappa shape index (κ3) is 3.92. The molecule has 124 valence electrons. The summed E-state index contributed by atoms with van der Waals surface area (Å²) in [5.74, 6) is -0.192. The maximum atomic E-state index is 12.5. The highest BCUT2D eigenvalue weighted by atomic mass is 35.5. The molecule has 0 radical (unpaired) electrons. The topological polar surface area (TPSA) is 62.3 Å². The van der Waals surface area contributed by atoms with E-state index in [9.17, 15) is 9.59 Å². The Labute approximate surface area is 145 Å². The summed E-state index contributed by atoms with van der Waals surface area (Å²) in [6.45, 7) is 0.591. The number of aromatic nitrogens is 1. The van der Waals surface area contributed by atoms with Crippen LogP contribution in [0.25, 0.3) is 0 Å². The van der Waals surface area contributed by atoms with E-state index in [-0.39, 0.29) is 11.8 Å². The Morgan fingerprint density at radius 1 is 1.29 bits per heavy atom. The molecule has 1 N–H and O–H groups in total. The summed E-state index contributed by atoms with van der Waals surface area (Å²) in [6, 6.07) is 10.5. The van der Waals surface area contributed by atoms with Gasteiger partial charge >= 0.3 is 0 Å².